The van der Waals surface area contributed by atoms with Crippen molar-refractivity contribution in [1.29, 1.82) is 0 Å². The highest BCUT2D eigenvalue weighted by Crippen LogP contribution is 2.21. The maximum atomic E-state index is 12.0. The molecule has 1 saturated heterocycles. The summed E-state index contributed by atoms with van der Waals surface area (Å²) in [6.45, 7) is 0.821. The molecule has 1 aromatic heterocycles. The lowest BCUT2D eigenvalue weighted by Crippen LogP contribution is -2.39. The van der Waals surface area contributed by atoms with Gasteiger partial charge in [-0.1, -0.05) is 11.3 Å². The molecule has 1 aromatic rings. The lowest BCUT2D eigenvalue weighted by atomic mass is 10.1. The van der Waals surface area contributed by atoms with Crippen LogP contribution in [0.15, 0.2) is 0 Å². The molecule has 1 fully saturated rings. The minimum Gasteiger partial charge on any atom is -0.377 e. The van der Waals surface area contributed by atoms with Crippen LogP contribution in [0.25, 0.3) is 0 Å². The first kappa shape index (κ1) is 15.7. The topological polar surface area (TPSA) is 67.4 Å². The van der Waals surface area contributed by atoms with Crippen molar-refractivity contribution in [2.45, 2.75) is 25.5 Å². The third-order valence-corrected chi connectivity index (χ3v) is 5.05. The number of hydrogen-bond donors (Lipinski definition) is 1. The van der Waals surface area contributed by atoms with Crippen molar-refractivity contribution in [3.05, 3.63) is 5.01 Å². The zero-order valence-electron chi connectivity index (χ0n) is 11.8. The molecule has 0 aliphatic carbocycles. The number of hydrogen-bond acceptors (Lipinski definition) is 7. The standard InChI is InChI=1S/C12H20N4O2S2/c1-16(9-3-5-19-6-4-9)7-10(17)13-12-15-14-11(20-12)8-18-2/h9H,3-8H2,1-2H3,(H,13,15,17). The normalized spacial score (nSPS) is 16.6. The van der Waals surface area contributed by atoms with Gasteiger partial charge in [-0.25, -0.2) is 0 Å². The van der Waals surface area contributed by atoms with Crippen LogP contribution in [0.5, 0.6) is 0 Å². The largest absolute Gasteiger partial charge is 0.377 e. The average molecular weight is 316 g/mol. The highest BCUT2D eigenvalue weighted by atomic mass is 32.2. The number of amides is 1. The van der Waals surface area contributed by atoms with E-state index in [-0.39, 0.29) is 5.91 Å². The van der Waals surface area contributed by atoms with Crippen molar-refractivity contribution < 1.29 is 9.53 Å². The Morgan fingerprint density at radius 3 is 2.90 bits per heavy atom. The SMILES string of the molecule is COCc1nnc(NC(=O)CN(C)C2CCSCC2)s1. The number of thioether (sulfide) groups is 1. The van der Waals surface area contributed by atoms with Crippen LogP contribution in [0, 0.1) is 0 Å². The molecule has 20 heavy (non-hydrogen) atoms. The number of rotatable bonds is 6. The fourth-order valence-electron chi connectivity index (χ4n) is 2.13. The quantitative estimate of drug-likeness (QED) is 0.857. The van der Waals surface area contributed by atoms with E-state index in [0.29, 0.717) is 24.3 Å². The van der Waals surface area contributed by atoms with Gasteiger partial charge in [0.2, 0.25) is 11.0 Å². The second-order valence-electron chi connectivity index (χ2n) is 4.74. The molecule has 0 atom stereocenters. The molecule has 0 unspecified atom stereocenters. The summed E-state index contributed by atoms with van der Waals surface area (Å²) >= 11 is 3.34. The zero-order valence-corrected chi connectivity index (χ0v) is 13.4. The van der Waals surface area contributed by atoms with Crippen LogP contribution in [-0.4, -0.2) is 59.3 Å². The summed E-state index contributed by atoms with van der Waals surface area (Å²) in [6.07, 6.45) is 2.32. The molecule has 112 valence electrons. The summed E-state index contributed by atoms with van der Waals surface area (Å²) in [5.41, 5.74) is 0. The molecule has 0 bridgehead atoms. The summed E-state index contributed by atoms with van der Waals surface area (Å²) < 4.78 is 4.98. The van der Waals surface area contributed by atoms with Crippen molar-refractivity contribution >= 4 is 34.1 Å². The summed E-state index contributed by atoms with van der Waals surface area (Å²) in [5, 5.41) is 12.0. The highest BCUT2D eigenvalue weighted by molar-refractivity contribution is 7.99. The third-order valence-electron chi connectivity index (χ3n) is 3.19. The van der Waals surface area contributed by atoms with E-state index in [1.54, 1.807) is 7.11 Å². The van der Waals surface area contributed by atoms with E-state index < -0.39 is 0 Å². The Kier molecular flexibility index (Phi) is 6.21. The summed E-state index contributed by atoms with van der Waals surface area (Å²) in [6, 6.07) is 0.514. The van der Waals surface area contributed by atoms with Gasteiger partial charge in [0.1, 0.15) is 11.6 Å². The van der Waals surface area contributed by atoms with Gasteiger partial charge in [0.05, 0.1) is 6.54 Å². The molecule has 8 heteroatoms. The first-order valence-corrected chi connectivity index (χ1v) is 8.55. The smallest absolute Gasteiger partial charge is 0.240 e. The third kappa shape index (κ3) is 4.69. The van der Waals surface area contributed by atoms with Gasteiger partial charge in [-0.3, -0.25) is 15.0 Å². The molecule has 6 nitrogen and oxygen atoms in total. The Labute approximate surface area is 127 Å². The first-order valence-electron chi connectivity index (χ1n) is 6.58. The molecular weight excluding hydrogens is 296 g/mol. The number of nitrogens with one attached hydrogen (secondary N) is 1. The van der Waals surface area contributed by atoms with Gasteiger partial charge < -0.3 is 4.74 Å². The molecule has 1 aliphatic rings. The Bertz CT molecular complexity index is 435. The van der Waals surface area contributed by atoms with Gasteiger partial charge in [0.15, 0.2) is 0 Å². The molecular formula is C12H20N4O2S2. The van der Waals surface area contributed by atoms with E-state index >= 15 is 0 Å². The number of ether oxygens (including phenoxy) is 1. The van der Waals surface area contributed by atoms with Crippen molar-refractivity contribution in [2.75, 3.05) is 37.5 Å². The van der Waals surface area contributed by atoms with Gasteiger partial charge in [-0.05, 0) is 31.4 Å². The van der Waals surface area contributed by atoms with Crippen LogP contribution in [0.2, 0.25) is 0 Å². The van der Waals surface area contributed by atoms with E-state index in [2.05, 4.69) is 20.4 Å². The molecule has 1 amide bonds. The van der Waals surface area contributed by atoms with Crippen LogP contribution in [-0.2, 0) is 16.1 Å². The molecule has 0 aromatic carbocycles. The van der Waals surface area contributed by atoms with E-state index in [9.17, 15) is 4.79 Å². The molecule has 0 spiro atoms. The monoisotopic (exact) mass is 316 g/mol. The zero-order chi connectivity index (χ0) is 14.4. The van der Waals surface area contributed by atoms with Gasteiger partial charge in [0, 0.05) is 13.2 Å². The van der Waals surface area contributed by atoms with Crippen LogP contribution >= 0.6 is 23.1 Å². The van der Waals surface area contributed by atoms with Gasteiger partial charge in [0.25, 0.3) is 0 Å². The number of methoxy groups -OCH3 is 1. The Balaban J connectivity index is 1.78. The lowest BCUT2D eigenvalue weighted by Gasteiger charge is -2.30. The number of carbonyl (C=O) groups excluding carboxylic acids is 1. The van der Waals surface area contributed by atoms with Crippen LogP contribution in [0.3, 0.4) is 0 Å². The summed E-state index contributed by atoms with van der Waals surface area (Å²) in [5.74, 6) is 2.34. The van der Waals surface area contributed by atoms with Gasteiger partial charge in [-0.2, -0.15) is 11.8 Å². The Morgan fingerprint density at radius 2 is 2.20 bits per heavy atom. The summed E-state index contributed by atoms with van der Waals surface area (Å²) in [4.78, 5) is 14.1. The maximum absolute atomic E-state index is 12.0. The number of carbonyl (C=O) groups is 1. The lowest BCUT2D eigenvalue weighted by molar-refractivity contribution is -0.117. The molecule has 1 aliphatic heterocycles. The first-order chi connectivity index (χ1) is 9.69. The van der Waals surface area contributed by atoms with Gasteiger partial charge in [-0.15, -0.1) is 10.2 Å². The maximum Gasteiger partial charge on any atom is 0.240 e. The van der Waals surface area contributed by atoms with Crippen molar-refractivity contribution in [1.82, 2.24) is 15.1 Å². The van der Waals surface area contributed by atoms with Crippen LogP contribution in [0.1, 0.15) is 17.8 Å². The summed E-state index contributed by atoms with van der Waals surface area (Å²) in [7, 11) is 3.62. The predicted octanol–water partition coefficient (Wildman–Crippen LogP) is 1.45. The number of nitrogens with zero attached hydrogens (tertiary/aromatic N) is 3. The minimum absolute atomic E-state index is 0.0363. The molecule has 0 saturated carbocycles. The van der Waals surface area contributed by atoms with Crippen molar-refractivity contribution in [3.63, 3.8) is 0 Å². The fourth-order valence-corrected chi connectivity index (χ4v) is 3.94. The molecule has 1 N–H and O–H groups in total. The highest BCUT2D eigenvalue weighted by Gasteiger charge is 2.20. The van der Waals surface area contributed by atoms with E-state index in [1.165, 1.54) is 22.8 Å². The average Bonchev–Trinajstić information content (AvgIpc) is 2.87. The fraction of sp³-hybridized carbons (Fsp3) is 0.750. The number of aromatic nitrogens is 2. The number of likely N-dealkylation sites (N-methyl/N-ethyl adjacent to an activating group) is 1. The Hall–Kier alpha value is -0.700. The van der Waals surface area contributed by atoms with Crippen LogP contribution in [0.4, 0.5) is 5.13 Å². The van der Waals surface area contributed by atoms with Gasteiger partial charge >= 0.3 is 0 Å². The molecule has 2 heterocycles. The van der Waals surface area contributed by atoms with E-state index in [0.717, 1.165) is 17.8 Å². The second-order valence-corrected chi connectivity index (χ2v) is 7.03. The predicted molar refractivity (Wildman–Crippen MR) is 82.2 cm³/mol. The van der Waals surface area contributed by atoms with Crippen molar-refractivity contribution in [3.8, 4) is 0 Å². The van der Waals surface area contributed by atoms with E-state index in [4.69, 9.17) is 4.74 Å². The Morgan fingerprint density at radius 1 is 1.45 bits per heavy atom. The molecule has 2 rings (SSSR count). The molecule has 0 radical (unpaired) electrons. The second kappa shape index (κ2) is 7.92. The van der Waals surface area contributed by atoms with Crippen molar-refractivity contribution in [2.24, 2.45) is 0 Å². The minimum atomic E-state index is -0.0363. The van der Waals surface area contributed by atoms with Crippen LogP contribution < -0.4 is 5.32 Å². The van der Waals surface area contributed by atoms with E-state index in [1.807, 2.05) is 18.8 Å². The number of anilines is 1.